The van der Waals surface area contributed by atoms with Crippen LogP contribution in [0.25, 0.3) is 11.1 Å². The molecule has 1 aromatic heterocycles. The lowest BCUT2D eigenvalue weighted by Crippen LogP contribution is -1.86. The lowest BCUT2D eigenvalue weighted by Gasteiger charge is -1.88. The summed E-state index contributed by atoms with van der Waals surface area (Å²) in [5.74, 6) is -0.448. The number of aliphatic hydroxyl groups is 1. The Morgan fingerprint density at radius 1 is 1.67 bits per heavy atom. The summed E-state index contributed by atoms with van der Waals surface area (Å²) >= 11 is 7.09. The van der Waals surface area contributed by atoms with Gasteiger partial charge in [0.2, 0.25) is 5.39 Å². The van der Waals surface area contributed by atoms with Gasteiger partial charge in [-0.15, -0.1) is 11.3 Å². The maximum Gasteiger partial charge on any atom is 0.464 e. The van der Waals surface area contributed by atoms with E-state index in [4.69, 9.17) is 22.1 Å². The molecule has 0 radical (unpaired) electrons. The fraction of sp³-hybridized carbons (Fsp3) is 0.111. The number of allylic oxidation sites excluding steroid dienone is 1. The zero-order valence-corrected chi connectivity index (χ0v) is 9.42. The molecule has 15 heavy (non-hydrogen) atoms. The molecule has 0 atom stereocenters. The second-order valence-electron chi connectivity index (χ2n) is 2.47. The van der Waals surface area contributed by atoms with Crippen molar-refractivity contribution in [3.8, 4) is 0 Å². The zero-order valence-electron chi connectivity index (χ0n) is 7.85. The van der Waals surface area contributed by atoms with E-state index in [1.54, 1.807) is 12.1 Å². The minimum atomic E-state index is -0.448. The molecular weight excluding hydrogens is 236 g/mol. The Balaban J connectivity index is 2.86. The molecule has 0 aliphatic heterocycles. The Labute approximate surface area is 95.7 Å². The molecule has 0 saturated heterocycles. The van der Waals surface area contributed by atoms with Gasteiger partial charge in [0.1, 0.15) is 0 Å². The van der Waals surface area contributed by atoms with Crippen LogP contribution in [0, 0.1) is 5.39 Å². The van der Waals surface area contributed by atoms with Crippen molar-refractivity contribution in [1.82, 2.24) is 0 Å². The van der Waals surface area contributed by atoms with Crippen LogP contribution in [0.3, 0.4) is 0 Å². The highest BCUT2D eigenvalue weighted by atomic mass is 35.5. The topological polar surface area (TPSA) is 57.6 Å². The van der Waals surface area contributed by atoms with Crippen LogP contribution in [-0.2, 0) is 4.74 Å². The van der Waals surface area contributed by atoms with Crippen LogP contribution in [-0.4, -0.2) is 12.2 Å². The van der Waals surface area contributed by atoms with Crippen molar-refractivity contribution in [3.05, 3.63) is 44.0 Å². The Morgan fingerprint density at radius 2 is 2.40 bits per heavy atom. The van der Waals surface area contributed by atoms with Crippen molar-refractivity contribution in [1.29, 1.82) is 5.39 Å². The molecule has 0 fully saturated rings. The van der Waals surface area contributed by atoms with Gasteiger partial charge in [0.25, 0.3) is 0 Å². The Morgan fingerprint density at radius 3 is 2.87 bits per heavy atom. The fourth-order valence-electron chi connectivity index (χ4n) is 0.831. The highest BCUT2D eigenvalue weighted by Crippen LogP contribution is 2.23. The first-order chi connectivity index (χ1) is 7.17. The van der Waals surface area contributed by atoms with Crippen LogP contribution in [0.1, 0.15) is 4.88 Å². The van der Waals surface area contributed by atoms with Gasteiger partial charge in [-0.3, -0.25) is 0 Å². The van der Waals surface area contributed by atoms with Crippen molar-refractivity contribution in [2.75, 3.05) is 7.11 Å². The van der Waals surface area contributed by atoms with Gasteiger partial charge in [0.05, 0.1) is 11.4 Å². The molecule has 0 spiro atoms. The third-order valence-corrected chi connectivity index (χ3v) is 2.72. The third-order valence-electron chi connectivity index (χ3n) is 1.52. The molecule has 0 aliphatic carbocycles. The lowest BCUT2D eigenvalue weighted by molar-refractivity contribution is 0.133. The molecule has 6 heteroatoms. The number of nitrogens with zero attached hydrogens (tertiary/aromatic N) is 2. The fourth-order valence-corrected chi connectivity index (χ4v) is 1.79. The zero-order chi connectivity index (χ0) is 11.3. The second kappa shape index (κ2) is 5.39. The summed E-state index contributed by atoms with van der Waals surface area (Å²) in [6, 6.07) is 3.56. The number of thiophene rings is 1. The molecule has 1 aromatic rings. The molecule has 0 unspecified atom stereocenters. The first kappa shape index (κ1) is 11.6. The molecule has 78 valence electrons. The summed E-state index contributed by atoms with van der Waals surface area (Å²) in [4.78, 5) is 3.75. The number of methoxy groups -OCH3 is 1. The van der Waals surface area contributed by atoms with Gasteiger partial charge in [-0.1, -0.05) is 11.6 Å². The van der Waals surface area contributed by atoms with E-state index in [0.29, 0.717) is 4.34 Å². The van der Waals surface area contributed by atoms with E-state index in [1.807, 2.05) is 6.07 Å². The maximum absolute atomic E-state index is 9.13. The summed E-state index contributed by atoms with van der Waals surface area (Å²) in [7, 11) is 1.27. The number of aliphatic hydroxyl groups excluding tert-OH is 1. The van der Waals surface area contributed by atoms with E-state index in [9.17, 15) is 0 Å². The van der Waals surface area contributed by atoms with Crippen LogP contribution >= 0.6 is 22.9 Å². The van der Waals surface area contributed by atoms with E-state index in [0.717, 1.165) is 4.88 Å². The highest BCUT2D eigenvalue weighted by Gasteiger charge is 2.15. The third kappa shape index (κ3) is 3.27. The SMILES string of the molecule is CO/C(O)=C(\C=C\c1ccc(Cl)s1)[N+]#N. The molecule has 1 heterocycles. The normalized spacial score (nSPS) is 12.3. The molecule has 0 aliphatic rings. The van der Waals surface area contributed by atoms with E-state index < -0.39 is 5.95 Å². The quantitative estimate of drug-likeness (QED) is 0.501. The first-order valence-electron chi connectivity index (χ1n) is 3.93. The summed E-state index contributed by atoms with van der Waals surface area (Å²) < 4.78 is 5.17. The summed E-state index contributed by atoms with van der Waals surface area (Å²) in [5, 5.41) is 17.7. The largest absolute Gasteiger partial charge is 0.475 e. The van der Waals surface area contributed by atoms with Crippen molar-refractivity contribution < 1.29 is 9.84 Å². The van der Waals surface area contributed by atoms with Crippen molar-refractivity contribution >= 4 is 29.0 Å². The molecule has 1 rings (SSSR count). The Bertz CT molecular complexity index is 445. The maximum atomic E-state index is 9.13. The highest BCUT2D eigenvalue weighted by molar-refractivity contribution is 7.16. The van der Waals surface area contributed by atoms with Crippen LogP contribution < -0.4 is 0 Å². The number of hydrogen-bond acceptors (Lipinski definition) is 4. The van der Waals surface area contributed by atoms with Crippen LogP contribution in [0.5, 0.6) is 0 Å². The molecule has 1 N–H and O–H groups in total. The van der Waals surface area contributed by atoms with Crippen LogP contribution in [0.15, 0.2) is 29.9 Å². The monoisotopic (exact) mass is 243 g/mol. The summed E-state index contributed by atoms with van der Waals surface area (Å²) in [5.41, 5.74) is -0.0537. The molecule has 0 saturated carbocycles. The van der Waals surface area contributed by atoms with Crippen molar-refractivity contribution in [3.63, 3.8) is 0 Å². The number of rotatable bonds is 3. The van der Waals surface area contributed by atoms with Gasteiger partial charge in [0.15, 0.2) is 4.98 Å². The standard InChI is InChI=1S/C9H7ClN2O2S/c1-14-9(13)7(12-11)4-2-6-3-5-8(10)15-6/h2-5H,1H3/p+1/b4-2+,9-7+. The average Bonchev–Trinajstić information content (AvgIpc) is 2.64. The van der Waals surface area contributed by atoms with Gasteiger partial charge in [-0.25, -0.2) is 0 Å². The molecule has 0 bridgehead atoms. The van der Waals surface area contributed by atoms with E-state index in [1.165, 1.54) is 24.5 Å². The molecule has 4 nitrogen and oxygen atoms in total. The van der Waals surface area contributed by atoms with E-state index in [2.05, 4.69) is 9.71 Å². The minimum absolute atomic E-state index is 0.0537. The predicted octanol–water partition coefficient (Wildman–Crippen LogP) is 3.64. The average molecular weight is 244 g/mol. The van der Waals surface area contributed by atoms with Gasteiger partial charge in [-0.2, -0.15) is 0 Å². The first-order valence-corrected chi connectivity index (χ1v) is 5.12. The van der Waals surface area contributed by atoms with Crippen LogP contribution in [0.4, 0.5) is 0 Å². The van der Waals surface area contributed by atoms with Gasteiger partial charge in [0, 0.05) is 11.0 Å². The number of halogens is 1. The smallest absolute Gasteiger partial charge is 0.464 e. The van der Waals surface area contributed by atoms with E-state index in [-0.39, 0.29) is 5.70 Å². The molecular formula is C9H8ClN2O2S+. The number of diazo groups is 1. The lowest BCUT2D eigenvalue weighted by atomic mass is 10.3. The minimum Gasteiger partial charge on any atom is -0.475 e. The van der Waals surface area contributed by atoms with Crippen molar-refractivity contribution in [2.45, 2.75) is 0 Å². The number of hydrogen-bond donors (Lipinski definition) is 1. The molecule has 0 amide bonds. The van der Waals surface area contributed by atoms with Crippen LogP contribution in [0.2, 0.25) is 4.34 Å². The second-order valence-corrected chi connectivity index (χ2v) is 4.22. The predicted molar refractivity (Wildman–Crippen MR) is 60.1 cm³/mol. The Hall–Kier alpha value is -1.51. The Kier molecular flexibility index (Phi) is 4.16. The van der Waals surface area contributed by atoms with Crippen molar-refractivity contribution in [2.24, 2.45) is 0 Å². The number of ether oxygens (including phenoxy) is 1. The van der Waals surface area contributed by atoms with Gasteiger partial charge < -0.3 is 9.84 Å². The van der Waals surface area contributed by atoms with E-state index >= 15 is 0 Å². The summed E-state index contributed by atoms with van der Waals surface area (Å²) in [6.45, 7) is 0. The van der Waals surface area contributed by atoms with Gasteiger partial charge in [-0.05, 0) is 18.2 Å². The van der Waals surface area contributed by atoms with Gasteiger partial charge >= 0.3 is 11.6 Å². The summed E-state index contributed by atoms with van der Waals surface area (Å²) in [6.07, 6.45) is 3.07. The molecule has 0 aromatic carbocycles.